The van der Waals surface area contributed by atoms with Crippen molar-refractivity contribution in [1.29, 1.82) is 0 Å². The molecule has 29 heavy (non-hydrogen) atoms. The van der Waals surface area contributed by atoms with Crippen LogP contribution in [0.4, 0.5) is 0 Å². The lowest BCUT2D eigenvalue weighted by Crippen LogP contribution is -2.26. The summed E-state index contributed by atoms with van der Waals surface area (Å²) in [6.45, 7) is 4.54. The second kappa shape index (κ2) is 8.10. The summed E-state index contributed by atoms with van der Waals surface area (Å²) in [7, 11) is 0. The Morgan fingerprint density at radius 3 is 2.72 bits per heavy atom. The molecule has 0 spiro atoms. The van der Waals surface area contributed by atoms with Crippen LogP contribution < -0.4 is 5.32 Å². The number of aromatic nitrogens is 5. The van der Waals surface area contributed by atoms with E-state index >= 15 is 0 Å². The molecule has 1 N–H and O–H groups in total. The van der Waals surface area contributed by atoms with Crippen LogP contribution in [0, 0.1) is 13.8 Å². The summed E-state index contributed by atoms with van der Waals surface area (Å²) in [5.74, 6) is 0.685. The summed E-state index contributed by atoms with van der Waals surface area (Å²) in [4.78, 5) is 16.9. The molecular formula is C22H22N6O. The number of aryl methyl sites for hydroxylation is 1. The van der Waals surface area contributed by atoms with Crippen LogP contribution >= 0.6 is 0 Å². The lowest BCUT2D eigenvalue weighted by molar-refractivity contribution is 0.0954. The summed E-state index contributed by atoms with van der Waals surface area (Å²) in [6, 6.07) is 15.0. The van der Waals surface area contributed by atoms with Crippen molar-refractivity contribution in [2.24, 2.45) is 0 Å². The topological polar surface area (TPSA) is 77.6 Å². The number of nitrogens with zero attached hydrogens (tertiary/aromatic N) is 5. The molecule has 0 atom stereocenters. The molecule has 0 aliphatic carbocycles. The molecule has 4 rings (SSSR count). The summed E-state index contributed by atoms with van der Waals surface area (Å²) < 4.78 is 3.58. The summed E-state index contributed by atoms with van der Waals surface area (Å²) >= 11 is 0. The van der Waals surface area contributed by atoms with Crippen molar-refractivity contribution < 1.29 is 4.79 Å². The monoisotopic (exact) mass is 386 g/mol. The van der Waals surface area contributed by atoms with Crippen molar-refractivity contribution in [3.8, 4) is 11.5 Å². The number of amides is 1. The quantitative estimate of drug-likeness (QED) is 0.552. The maximum atomic E-state index is 12.6. The number of rotatable bonds is 6. The lowest BCUT2D eigenvalue weighted by atomic mass is 10.1. The Morgan fingerprint density at radius 1 is 1.07 bits per heavy atom. The highest BCUT2D eigenvalue weighted by atomic mass is 16.1. The highest BCUT2D eigenvalue weighted by Crippen LogP contribution is 2.17. The largest absolute Gasteiger partial charge is 0.352 e. The first-order valence-electron chi connectivity index (χ1n) is 9.48. The van der Waals surface area contributed by atoms with Gasteiger partial charge in [0.25, 0.3) is 5.91 Å². The van der Waals surface area contributed by atoms with Crippen molar-refractivity contribution in [1.82, 2.24) is 29.9 Å². The zero-order chi connectivity index (χ0) is 20.2. The van der Waals surface area contributed by atoms with Gasteiger partial charge in [0, 0.05) is 36.4 Å². The molecule has 0 unspecified atom stereocenters. The Bertz CT molecular complexity index is 1120. The Kier molecular flexibility index (Phi) is 5.20. The van der Waals surface area contributed by atoms with Gasteiger partial charge in [0.05, 0.1) is 11.4 Å². The minimum Gasteiger partial charge on any atom is -0.352 e. The predicted molar refractivity (Wildman–Crippen MR) is 110 cm³/mol. The summed E-state index contributed by atoms with van der Waals surface area (Å²) in [5.41, 5.74) is 4.57. The third kappa shape index (κ3) is 3.94. The molecule has 3 heterocycles. The standard InChI is InChI=1S/C22H22N6O/c1-16-20(17(2)28(26-16)21-9-3-4-11-23-21)10-13-24-22(29)18-7-5-8-19(15-18)27-14-6-12-25-27/h3-9,11-12,14-15H,10,13H2,1-2H3,(H,24,29). The van der Waals surface area contributed by atoms with E-state index in [4.69, 9.17) is 0 Å². The van der Waals surface area contributed by atoms with E-state index in [9.17, 15) is 4.79 Å². The number of nitrogens with one attached hydrogen (secondary N) is 1. The third-order valence-electron chi connectivity index (χ3n) is 4.85. The minimum absolute atomic E-state index is 0.105. The van der Waals surface area contributed by atoms with Crippen molar-refractivity contribution >= 4 is 5.91 Å². The SMILES string of the molecule is Cc1nn(-c2ccccn2)c(C)c1CCNC(=O)c1cccc(-n2cccn2)c1. The van der Waals surface area contributed by atoms with Gasteiger partial charge in [0.2, 0.25) is 0 Å². The van der Waals surface area contributed by atoms with Crippen LogP contribution in [0.3, 0.4) is 0 Å². The van der Waals surface area contributed by atoms with Gasteiger partial charge in [0.1, 0.15) is 0 Å². The Morgan fingerprint density at radius 2 is 1.97 bits per heavy atom. The molecule has 1 amide bonds. The first-order valence-corrected chi connectivity index (χ1v) is 9.48. The Hall–Kier alpha value is -3.74. The number of hydrogen-bond acceptors (Lipinski definition) is 4. The molecule has 0 aliphatic heterocycles. The van der Waals surface area contributed by atoms with Gasteiger partial charge in [-0.25, -0.2) is 14.3 Å². The fourth-order valence-electron chi connectivity index (χ4n) is 3.35. The molecule has 0 fully saturated rings. The van der Waals surface area contributed by atoms with Crippen LogP contribution in [0.25, 0.3) is 11.5 Å². The van der Waals surface area contributed by atoms with Gasteiger partial charge in [-0.2, -0.15) is 10.2 Å². The van der Waals surface area contributed by atoms with Gasteiger partial charge >= 0.3 is 0 Å². The highest BCUT2D eigenvalue weighted by molar-refractivity contribution is 5.94. The van der Waals surface area contributed by atoms with Crippen LogP contribution in [0.15, 0.2) is 67.1 Å². The molecule has 0 saturated carbocycles. The van der Waals surface area contributed by atoms with Crippen LogP contribution in [-0.4, -0.2) is 37.0 Å². The molecule has 0 bridgehead atoms. The van der Waals surface area contributed by atoms with E-state index in [0.717, 1.165) is 28.5 Å². The molecular weight excluding hydrogens is 364 g/mol. The van der Waals surface area contributed by atoms with Gasteiger partial charge in [-0.1, -0.05) is 12.1 Å². The Balaban J connectivity index is 1.43. The summed E-state index contributed by atoms with van der Waals surface area (Å²) in [5, 5.41) is 11.8. The smallest absolute Gasteiger partial charge is 0.251 e. The zero-order valence-electron chi connectivity index (χ0n) is 16.4. The van der Waals surface area contributed by atoms with Crippen molar-refractivity contribution in [3.05, 3.63) is 89.6 Å². The van der Waals surface area contributed by atoms with Gasteiger partial charge < -0.3 is 5.32 Å². The fraction of sp³-hybridized carbons (Fsp3) is 0.182. The van der Waals surface area contributed by atoms with E-state index in [1.165, 1.54) is 0 Å². The maximum Gasteiger partial charge on any atom is 0.251 e. The average molecular weight is 386 g/mol. The molecule has 7 heteroatoms. The molecule has 3 aromatic heterocycles. The third-order valence-corrected chi connectivity index (χ3v) is 4.85. The molecule has 4 aromatic rings. The van der Waals surface area contributed by atoms with E-state index in [0.29, 0.717) is 18.5 Å². The van der Waals surface area contributed by atoms with Crippen LogP contribution in [0.5, 0.6) is 0 Å². The van der Waals surface area contributed by atoms with Crippen LogP contribution in [0.1, 0.15) is 27.3 Å². The number of carbonyl (C=O) groups is 1. The van der Waals surface area contributed by atoms with Gasteiger partial charge in [-0.3, -0.25) is 4.79 Å². The Labute approximate surface area is 169 Å². The molecule has 7 nitrogen and oxygen atoms in total. The van der Waals surface area contributed by atoms with Crippen LogP contribution in [-0.2, 0) is 6.42 Å². The van der Waals surface area contributed by atoms with E-state index in [2.05, 4.69) is 20.5 Å². The average Bonchev–Trinajstić information content (AvgIpc) is 3.38. The number of benzene rings is 1. The van der Waals surface area contributed by atoms with Gasteiger partial charge in [-0.15, -0.1) is 0 Å². The molecule has 0 aliphatic rings. The van der Waals surface area contributed by atoms with E-state index < -0.39 is 0 Å². The lowest BCUT2D eigenvalue weighted by Gasteiger charge is -2.08. The molecule has 0 saturated heterocycles. The van der Waals surface area contributed by atoms with Crippen molar-refractivity contribution in [2.75, 3.05) is 6.54 Å². The first kappa shape index (κ1) is 18.6. The number of hydrogen-bond donors (Lipinski definition) is 1. The second-order valence-corrected chi connectivity index (χ2v) is 6.76. The maximum absolute atomic E-state index is 12.6. The van der Waals surface area contributed by atoms with E-state index in [-0.39, 0.29) is 5.91 Å². The van der Waals surface area contributed by atoms with Gasteiger partial charge in [-0.05, 0) is 62.2 Å². The van der Waals surface area contributed by atoms with E-state index in [1.807, 2.05) is 67.2 Å². The molecule has 0 radical (unpaired) electrons. The zero-order valence-corrected chi connectivity index (χ0v) is 16.4. The number of carbonyl (C=O) groups excluding carboxylic acids is 1. The van der Waals surface area contributed by atoms with Crippen molar-refractivity contribution in [2.45, 2.75) is 20.3 Å². The normalized spacial score (nSPS) is 10.8. The van der Waals surface area contributed by atoms with Crippen molar-refractivity contribution in [3.63, 3.8) is 0 Å². The molecule has 1 aromatic carbocycles. The van der Waals surface area contributed by atoms with Gasteiger partial charge in [0.15, 0.2) is 5.82 Å². The van der Waals surface area contributed by atoms with E-state index in [1.54, 1.807) is 23.1 Å². The van der Waals surface area contributed by atoms with Crippen LogP contribution in [0.2, 0.25) is 0 Å². The molecule has 146 valence electrons. The number of pyridine rings is 1. The second-order valence-electron chi connectivity index (χ2n) is 6.76. The fourth-order valence-corrected chi connectivity index (χ4v) is 3.35. The summed E-state index contributed by atoms with van der Waals surface area (Å²) in [6.07, 6.45) is 6.02. The first-order chi connectivity index (χ1) is 14.1. The predicted octanol–water partition coefficient (Wildman–Crippen LogP) is 3.04. The minimum atomic E-state index is -0.105. The highest BCUT2D eigenvalue weighted by Gasteiger charge is 2.14.